The van der Waals surface area contributed by atoms with Crippen LogP contribution in [0, 0.1) is 17.3 Å². The Bertz CT molecular complexity index is 360. The number of carbonyl (C=O) groups excluding carboxylic acids is 1. The van der Waals surface area contributed by atoms with Gasteiger partial charge in [0.2, 0.25) is 0 Å². The van der Waals surface area contributed by atoms with Gasteiger partial charge in [0.25, 0.3) is 0 Å². The number of hydrogen-bond acceptors (Lipinski definition) is 2. The van der Waals surface area contributed by atoms with Crippen molar-refractivity contribution in [3.8, 4) is 0 Å². The Morgan fingerprint density at radius 3 is 2.40 bits per heavy atom. The van der Waals surface area contributed by atoms with Crippen LogP contribution in [0.5, 0.6) is 0 Å². The van der Waals surface area contributed by atoms with Gasteiger partial charge in [-0.15, -0.1) is 0 Å². The van der Waals surface area contributed by atoms with Crippen LogP contribution in [0.15, 0.2) is 0 Å². The van der Waals surface area contributed by atoms with Gasteiger partial charge in [0.1, 0.15) is 5.78 Å². The molecule has 0 aromatic heterocycles. The summed E-state index contributed by atoms with van der Waals surface area (Å²) >= 11 is 0. The minimum absolute atomic E-state index is 0.0690. The second-order valence-corrected chi connectivity index (χ2v) is 8.12. The lowest BCUT2D eigenvalue weighted by atomic mass is 9.70. The molecule has 1 spiro atoms. The van der Waals surface area contributed by atoms with Gasteiger partial charge in [0, 0.05) is 18.4 Å². The zero-order chi connectivity index (χ0) is 14.2. The Morgan fingerprint density at radius 2 is 1.75 bits per heavy atom. The molecular weight excluding hydrogens is 248 g/mol. The number of ketones is 1. The van der Waals surface area contributed by atoms with Crippen LogP contribution in [-0.4, -0.2) is 18.0 Å². The van der Waals surface area contributed by atoms with E-state index in [0.717, 1.165) is 25.9 Å². The van der Waals surface area contributed by atoms with Crippen LogP contribution in [0.3, 0.4) is 0 Å². The molecule has 1 saturated heterocycles. The fourth-order valence-corrected chi connectivity index (χ4v) is 4.95. The summed E-state index contributed by atoms with van der Waals surface area (Å²) in [6.07, 6.45) is 11.8. The highest BCUT2D eigenvalue weighted by atomic mass is 16.5. The van der Waals surface area contributed by atoms with E-state index in [4.69, 9.17) is 4.74 Å². The van der Waals surface area contributed by atoms with Crippen molar-refractivity contribution in [2.75, 3.05) is 6.61 Å². The van der Waals surface area contributed by atoms with E-state index >= 15 is 0 Å². The molecule has 3 rings (SSSR count). The van der Waals surface area contributed by atoms with Crippen LogP contribution < -0.4 is 0 Å². The number of hydrogen-bond donors (Lipinski definition) is 0. The van der Waals surface area contributed by atoms with E-state index in [9.17, 15) is 4.79 Å². The Morgan fingerprint density at radius 1 is 1.00 bits per heavy atom. The Hall–Kier alpha value is -0.370. The fourth-order valence-electron chi connectivity index (χ4n) is 4.95. The summed E-state index contributed by atoms with van der Waals surface area (Å²) in [7, 11) is 0. The highest BCUT2D eigenvalue weighted by molar-refractivity contribution is 5.84. The summed E-state index contributed by atoms with van der Waals surface area (Å²) in [5.41, 5.74) is 0.300. The first-order chi connectivity index (χ1) is 9.53. The summed E-state index contributed by atoms with van der Waals surface area (Å²) in [5, 5.41) is 0. The Balaban J connectivity index is 1.69. The number of carbonyl (C=O) groups is 1. The lowest BCUT2D eigenvalue weighted by molar-refractivity contribution is -0.148. The molecule has 0 N–H and O–H groups in total. The molecule has 2 saturated carbocycles. The minimum Gasteiger partial charge on any atom is -0.375 e. The summed E-state index contributed by atoms with van der Waals surface area (Å²) < 4.78 is 6.15. The number of ether oxygens (including phenoxy) is 1. The predicted molar refractivity (Wildman–Crippen MR) is 80.6 cm³/mol. The first-order valence-corrected chi connectivity index (χ1v) is 8.70. The molecule has 2 heteroatoms. The molecule has 2 atom stereocenters. The van der Waals surface area contributed by atoms with E-state index in [-0.39, 0.29) is 16.9 Å². The van der Waals surface area contributed by atoms with Crippen LogP contribution in [0.2, 0.25) is 0 Å². The molecule has 2 aliphatic carbocycles. The highest BCUT2D eigenvalue weighted by Gasteiger charge is 2.46. The maximum atomic E-state index is 13.0. The average molecular weight is 278 g/mol. The normalized spacial score (nSPS) is 36.1. The van der Waals surface area contributed by atoms with E-state index in [1.165, 1.54) is 44.9 Å². The van der Waals surface area contributed by atoms with E-state index in [1.807, 2.05) is 0 Å². The third-order valence-corrected chi connectivity index (χ3v) is 6.26. The summed E-state index contributed by atoms with van der Waals surface area (Å²) in [4.78, 5) is 13.0. The van der Waals surface area contributed by atoms with Gasteiger partial charge in [0.05, 0.1) is 5.60 Å². The van der Waals surface area contributed by atoms with Crippen molar-refractivity contribution in [1.82, 2.24) is 0 Å². The fraction of sp³-hybridized carbons (Fsp3) is 0.944. The molecule has 3 fully saturated rings. The quantitative estimate of drug-likeness (QED) is 0.743. The van der Waals surface area contributed by atoms with Crippen molar-refractivity contribution in [2.24, 2.45) is 17.3 Å². The number of rotatable bonds is 2. The molecule has 0 aromatic rings. The number of Topliss-reactive ketones (excluding diaryl/α,β-unsaturated/α-hetero) is 1. The minimum atomic E-state index is 0.0690. The molecule has 20 heavy (non-hydrogen) atoms. The van der Waals surface area contributed by atoms with Crippen LogP contribution in [0.1, 0.15) is 78.1 Å². The largest absolute Gasteiger partial charge is 0.375 e. The van der Waals surface area contributed by atoms with Gasteiger partial charge in [-0.3, -0.25) is 4.79 Å². The average Bonchev–Trinajstić information content (AvgIpc) is 2.78. The SMILES string of the molecule is CC1(C)CCCC1C(=O)C1CCOC2(CCCCC2)C1. The third kappa shape index (κ3) is 2.68. The molecule has 0 bridgehead atoms. The first-order valence-electron chi connectivity index (χ1n) is 8.70. The molecule has 0 radical (unpaired) electrons. The van der Waals surface area contributed by atoms with Crippen molar-refractivity contribution >= 4 is 5.78 Å². The highest BCUT2D eigenvalue weighted by Crippen LogP contribution is 2.47. The lowest BCUT2D eigenvalue weighted by Gasteiger charge is -2.44. The van der Waals surface area contributed by atoms with Crippen molar-refractivity contribution < 1.29 is 9.53 Å². The van der Waals surface area contributed by atoms with Gasteiger partial charge in [-0.05, 0) is 43.9 Å². The van der Waals surface area contributed by atoms with E-state index in [1.54, 1.807) is 0 Å². The predicted octanol–water partition coefficient (Wildman–Crippen LogP) is 4.51. The molecule has 114 valence electrons. The lowest BCUT2D eigenvalue weighted by Crippen LogP contribution is -2.45. The standard InChI is InChI=1S/C18H30O2/c1-17(2)9-6-7-15(17)16(19)14-8-12-20-18(13-14)10-4-3-5-11-18/h14-15H,3-13H2,1-2H3. The van der Waals surface area contributed by atoms with Gasteiger partial charge in [-0.25, -0.2) is 0 Å². The summed E-state index contributed by atoms with van der Waals surface area (Å²) in [5.74, 6) is 1.16. The molecular formula is C18H30O2. The van der Waals surface area contributed by atoms with Crippen LogP contribution in [0.25, 0.3) is 0 Å². The topological polar surface area (TPSA) is 26.3 Å². The first kappa shape index (κ1) is 14.6. The van der Waals surface area contributed by atoms with Crippen molar-refractivity contribution in [3.63, 3.8) is 0 Å². The van der Waals surface area contributed by atoms with Crippen LogP contribution in [-0.2, 0) is 9.53 Å². The molecule has 2 unspecified atom stereocenters. The van der Waals surface area contributed by atoms with E-state index < -0.39 is 0 Å². The summed E-state index contributed by atoms with van der Waals surface area (Å²) in [6, 6.07) is 0. The molecule has 0 aromatic carbocycles. The second kappa shape index (κ2) is 5.44. The third-order valence-electron chi connectivity index (χ3n) is 6.26. The van der Waals surface area contributed by atoms with Gasteiger partial charge >= 0.3 is 0 Å². The molecule has 1 heterocycles. The monoisotopic (exact) mass is 278 g/mol. The molecule has 2 nitrogen and oxygen atoms in total. The zero-order valence-electron chi connectivity index (χ0n) is 13.2. The Labute approximate surface area is 123 Å². The zero-order valence-corrected chi connectivity index (χ0v) is 13.2. The van der Waals surface area contributed by atoms with Gasteiger partial charge in [-0.1, -0.05) is 39.5 Å². The molecule has 1 aliphatic heterocycles. The summed E-state index contributed by atoms with van der Waals surface area (Å²) in [6.45, 7) is 5.39. The maximum Gasteiger partial charge on any atom is 0.139 e. The van der Waals surface area contributed by atoms with Crippen molar-refractivity contribution in [2.45, 2.75) is 83.7 Å². The van der Waals surface area contributed by atoms with Crippen LogP contribution in [0.4, 0.5) is 0 Å². The smallest absolute Gasteiger partial charge is 0.139 e. The van der Waals surface area contributed by atoms with Crippen molar-refractivity contribution in [1.29, 1.82) is 0 Å². The van der Waals surface area contributed by atoms with Crippen LogP contribution >= 0.6 is 0 Å². The Kier molecular flexibility index (Phi) is 3.96. The van der Waals surface area contributed by atoms with E-state index in [2.05, 4.69) is 13.8 Å². The van der Waals surface area contributed by atoms with E-state index in [0.29, 0.717) is 11.7 Å². The second-order valence-electron chi connectivity index (χ2n) is 8.12. The van der Waals surface area contributed by atoms with Gasteiger partial charge < -0.3 is 4.74 Å². The molecule has 0 amide bonds. The molecule has 3 aliphatic rings. The maximum absolute atomic E-state index is 13.0. The van der Waals surface area contributed by atoms with Crippen molar-refractivity contribution in [3.05, 3.63) is 0 Å². The van der Waals surface area contributed by atoms with Gasteiger partial charge in [-0.2, -0.15) is 0 Å². The van der Waals surface area contributed by atoms with Gasteiger partial charge in [0.15, 0.2) is 0 Å².